The highest BCUT2D eigenvalue weighted by Crippen LogP contribution is 2.23. The third-order valence-corrected chi connectivity index (χ3v) is 4.93. The molecule has 0 unspecified atom stereocenters. The maximum atomic E-state index is 12.2. The summed E-state index contributed by atoms with van der Waals surface area (Å²) in [5.74, 6) is 0.104. The second kappa shape index (κ2) is 9.19. The summed E-state index contributed by atoms with van der Waals surface area (Å²) in [6.45, 7) is 4.96. The Morgan fingerprint density at radius 1 is 0.857 bits per heavy atom. The Kier molecular flexibility index (Phi) is 6.67. The normalized spacial score (nSPS) is 15.6. The van der Waals surface area contributed by atoms with Crippen molar-refractivity contribution < 1.29 is 23.0 Å². The van der Waals surface area contributed by atoms with Crippen LogP contribution in [0.3, 0.4) is 0 Å². The lowest BCUT2D eigenvalue weighted by Crippen LogP contribution is -2.46. The minimum atomic E-state index is -4.65. The Labute approximate surface area is 163 Å². The molecule has 0 aromatic heterocycles. The van der Waals surface area contributed by atoms with Crippen LogP contribution in [-0.4, -0.2) is 49.1 Å². The topological polar surface area (TPSA) is 35.9 Å². The molecule has 0 bridgehead atoms. The fraction of sp³-hybridized carbons (Fsp3) is 0.429. The molecule has 1 aliphatic rings. The summed E-state index contributed by atoms with van der Waals surface area (Å²) in [5, 5.41) is 9.38. The Morgan fingerprint density at radius 3 is 2.11 bits per heavy atom. The highest BCUT2D eigenvalue weighted by Gasteiger charge is 2.30. The van der Waals surface area contributed by atoms with Gasteiger partial charge in [0.15, 0.2) is 0 Å². The third-order valence-electron chi connectivity index (χ3n) is 4.93. The lowest BCUT2D eigenvalue weighted by Gasteiger charge is -2.36. The molecule has 0 atom stereocenters. The molecule has 1 heterocycles. The van der Waals surface area contributed by atoms with Crippen molar-refractivity contribution in [3.05, 3.63) is 54.1 Å². The summed E-state index contributed by atoms with van der Waals surface area (Å²) in [6, 6.07) is 13.4. The maximum Gasteiger partial charge on any atom is 0.573 e. The number of ether oxygens (including phenoxy) is 1. The number of phenols is 1. The van der Waals surface area contributed by atoms with Crippen LogP contribution in [0.5, 0.6) is 11.5 Å². The van der Waals surface area contributed by atoms with E-state index >= 15 is 0 Å². The van der Waals surface area contributed by atoms with Gasteiger partial charge in [-0.05, 0) is 67.8 Å². The van der Waals surface area contributed by atoms with Crippen LogP contribution in [0.2, 0.25) is 0 Å². The Hall–Kier alpha value is -2.41. The van der Waals surface area contributed by atoms with Crippen LogP contribution >= 0.6 is 0 Å². The monoisotopic (exact) mass is 394 g/mol. The number of hydrogen-bond acceptors (Lipinski definition) is 4. The van der Waals surface area contributed by atoms with E-state index in [9.17, 15) is 18.3 Å². The molecular weight excluding hydrogens is 369 g/mol. The zero-order valence-electron chi connectivity index (χ0n) is 15.7. The van der Waals surface area contributed by atoms with E-state index in [1.54, 1.807) is 24.3 Å². The van der Waals surface area contributed by atoms with Gasteiger partial charge in [0.1, 0.15) is 11.5 Å². The van der Waals surface area contributed by atoms with Crippen LogP contribution in [-0.2, 0) is 6.42 Å². The Bertz CT molecular complexity index is 725. The van der Waals surface area contributed by atoms with Crippen molar-refractivity contribution in [2.45, 2.75) is 25.6 Å². The van der Waals surface area contributed by atoms with Gasteiger partial charge in [0.2, 0.25) is 0 Å². The van der Waals surface area contributed by atoms with Crippen LogP contribution in [0.4, 0.5) is 18.9 Å². The highest BCUT2D eigenvalue weighted by molar-refractivity contribution is 5.49. The SMILES string of the molecule is Oc1ccc(N2CCN(CCCCc3ccc(OC(F)(F)F)cc3)CC2)cc1. The van der Waals surface area contributed by atoms with Crippen molar-refractivity contribution >= 4 is 5.69 Å². The average Bonchev–Trinajstić information content (AvgIpc) is 2.66. The molecular formula is C21H25F3N2O2. The van der Waals surface area contributed by atoms with E-state index in [1.165, 1.54) is 12.1 Å². The Morgan fingerprint density at radius 2 is 1.50 bits per heavy atom. The minimum absolute atomic E-state index is 0.178. The van der Waals surface area contributed by atoms with E-state index in [2.05, 4.69) is 14.5 Å². The van der Waals surface area contributed by atoms with Crippen LogP contribution in [0.15, 0.2) is 48.5 Å². The number of aryl methyl sites for hydroxylation is 1. The van der Waals surface area contributed by atoms with E-state index < -0.39 is 6.36 Å². The molecule has 152 valence electrons. The number of anilines is 1. The third kappa shape index (κ3) is 6.34. The number of unbranched alkanes of at least 4 members (excludes halogenated alkanes) is 1. The molecule has 2 aromatic carbocycles. The molecule has 1 aliphatic heterocycles. The van der Waals surface area contributed by atoms with Gasteiger partial charge < -0.3 is 14.7 Å². The molecule has 28 heavy (non-hydrogen) atoms. The number of halogens is 3. The fourth-order valence-corrected chi connectivity index (χ4v) is 3.42. The molecule has 0 amide bonds. The largest absolute Gasteiger partial charge is 0.573 e. The maximum absolute atomic E-state index is 12.2. The molecule has 7 heteroatoms. The molecule has 3 rings (SSSR count). The van der Waals surface area contributed by atoms with E-state index in [0.29, 0.717) is 0 Å². The van der Waals surface area contributed by atoms with Crippen molar-refractivity contribution in [1.82, 2.24) is 4.90 Å². The van der Waals surface area contributed by atoms with Crippen LogP contribution < -0.4 is 9.64 Å². The van der Waals surface area contributed by atoms with Gasteiger partial charge in [-0.25, -0.2) is 0 Å². The summed E-state index contributed by atoms with van der Waals surface area (Å²) in [4.78, 5) is 4.76. The molecule has 2 aromatic rings. The molecule has 1 fully saturated rings. The number of nitrogens with zero attached hydrogens (tertiary/aromatic N) is 2. The van der Waals surface area contributed by atoms with Crippen molar-refractivity contribution in [2.75, 3.05) is 37.6 Å². The second-order valence-electron chi connectivity index (χ2n) is 6.99. The first-order valence-electron chi connectivity index (χ1n) is 9.50. The van der Waals surface area contributed by atoms with E-state index in [1.807, 2.05) is 12.1 Å². The standard InChI is InChI=1S/C21H25F3N2O2/c22-21(23,24)28-20-10-4-17(5-11-20)3-1-2-12-25-13-15-26(16-14-25)18-6-8-19(27)9-7-18/h4-11,27H,1-3,12-16H2. The van der Waals surface area contributed by atoms with Crippen molar-refractivity contribution in [2.24, 2.45) is 0 Å². The van der Waals surface area contributed by atoms with Gasteiger partial charge in [0.25, 0.3) is 0 Å². The molecule has 0 aliphatic carbocycles. The molecule has 1 N–H and O–H groups in total. The lowest BCUT2D eigenvalue weighted by atomic mass is 10.1. The minimum Gasteiger partial charge on any atom is -0.508 e. The molecule has 1 saturated heterocycles. The van der Waals surface area contributed by atoms with Crippen LogP contribution in [0.25, 0.3) is 0 Å². The summed E-state index contributed by atoms with van der Waals surface area (Å²) in [7, 11) is 0. The quantitative estimate of drug-likeness (QED) is 0.705. The number of alkyl halides is 3. The van der Waals surface area contributed by atoms with Crippen LogP contribution in [0, 0.1) is 0 Å². The van der Waals surface area contributed by atoms with E-state index in [-0.39, 0.29) is 11.5 Å². The average molecular weight is 394 g/mol. The van der Waals surface area contributed by atoms with Crippen molar-refractivity contribution in [3.63, 3.8) is 0 Å². The van der Waals surface area contributed by atoms with Crippen molar-refractivity contribution in [3.8, 4) is 11.5 Å². The Balaban J connectivity index is 1.33. The summed E-state index contributed by atoms with van der Waals surface area (Å²) >= 11 is 0. The van der Waals surface area contributed by atoms with Gasteiger partial charge in [-0.2, -0.15) is 0 Å². The molecule has 0 spiro atoms. The zero-order chi connectivity index (χ0) is 20.0. The fourth-order valence-electron chi connectivity index (χ4n) is 3.42. The van der Waals surface area contributed by atoms with Crippen LogP contribution in [0.1, 0.15) is 18.4 Å². The molecule has 4 nitrogen and oxygen atoms in total. The lowest BCUT2D eigenvalue weighted by molar-refractivity contribution is -0.274. The summed E-state index contributed by atoms with van der Waals surface area (Å²) < 4.78 is 40.4. The molecule has 0 saturated carbocycles. The van der Waals surface area contributed by atoms with Gasteiger partial charge in [-0.15, -0.1) is 13.2 Å². The van der Waals surface area contributed by atoms with E-state index in [4.69, 9.17) is 0 Å². The first-order chi connectivity index (χ1) is 13.4. The molecule has 0 radical (unpaired) electrons. The first-order valence-corrected chi connectivity index (χ1v) is 9.50. The highest BCUT2D eigenvalue weighted by atomic mass is 19.4. The number of aromatic hydroxyl groups is 1. The van der Waals surface area contributed by atoms with Gasteiger partial charge in [-0.1, -0.05) is 12.1 Å². The zero-order valence-corrected chi connectivity index (χ0v) is 15.7. The summed E-state index contributed by atoms with van der Waals surface area (Å²) in [6.07, 6.45) is -1.74. The van der Waals surface area contributed by atoms with E-state index in [0.717, 1.165) is 63.2 Å². The van der Waals surface area contributed by atoms with Gasteiger partial charge in [0.05, 0.1) is 0 Å². The predicted molar refractivity (Wildman–Crippen MR) is 103 cm³/mol. The second-order valence-corrected chi connectivity index (χ2v) is 6.99. The summed E-state index contributed by atoms with van der Waals surface area (Å²) in [5.41, 5.74) is 2.15. The number of piperazine rings is 1. The number of rotatable bonds is 7. The van der Waals surface area contributed by atoms with Gasteiger partial charge >= 0.3 is 6.36 Å². The van der Waals surface area contributed by atoms with Gasteiger partial charge in [-0.3, -0.25) is 4.90 Å². The number of phenolic OH excluding ortho intramolecular Hbond substituents is 1. The number of hydrogen-bond donors (Lipinski definition) is 1. The van der Waals surface area contributed by atoms with Crippen molar-refractivity contribution in [1.29, 1.82) is 0 Å². The van der Waals surface area contributed by atoms with Gasteiger partial charge in [0, 0.05) is 31.9 Å². The number of benzene rings is 2. The predicted octanol–water partition coefficient (Wildman–Crippen LogP) is 4.44. The first kappa shape index (κ1) is 20.3. The smallest absolute Gasteiger partial charge is 0.508 e.